The maximum Gasteiger partial charge on any atom is 0.161 e. The van der Waals surface area contributed by atoms with E-state index in [1.54, 1.807) is 43.9 Å². The number of β-amino-alcohol motifs (C(OH)–C–C–N with tert-alkyl or cyclic N) is 1. The predicted octanol–water partition coefficient (Wildman–Crippen LogP) is 3.66. The fourth-order valence-electron chi connectivity index (χ4n) is 4.01. The van der Waals surface area contributed by atoms with Gasteiger partial charge >= 0.3 is 0 Å². The number of halogens is 1. The van der Waals surface area contributed by atoms with Gasteiger partial charge in [0.2, 0.25) is 0 Å². The number of ether oxygens (including phenoxy) is 4. The number of hydrogen-bond acceptors (Lipinski definition) is 7. The first-order valence-corrected chi connectivity index (χ1v) is 12.1. The van der Waals surface area contributed by atoms with Crippen LogP contribution in [0.25, 0.3) is 0 Å². The molecule has 1 aromatic heterocycles. The Morgan fingerprint density at radius 2 is 2.00 bits per heavy atom. The third-order valence-electron chi connectivity index (χ3n) is 5.77. The molecule has 1 fully saturated rings. The number of aromatic nitrogens is 2. The molecule has 3 aromatic rings. The van der Waals surface area contributed by atoms with Crippen LogP contribution in [0, 0.1) is 0 Å². The summed E-state index contributed by atoms with van der Waals surface area (Å²) in [6, 6.07) is 13.0. The molecule has 0 bridgehead atoms. The molecule has 1 aliphatic heterocycles. The minimum absolute atomic E-state index is 0.124. The third-order valence-corrected chi connectivity index (χ3v) is 6.03. The molecule has 35 heavy (non-hydrogen) atoms. The summed E-state index contributed by atoms with van der Waals surface area (Å²) in [5, 5.41) is 11.8. The van der Waals surface area contributed by atoms with E-state index in [9.17, 15) is 5.11 Å². The topological polar surface area (TPSA) is 78.2 Å². The van der Waals surface area contributed by atoms with Gasteiger partial charge in [-0.05, 0) is 48.4 Å². The van der Waals surface area contributed by atoms with Crippen molar-refractivity contribution >= 4 is 11.6 Å². The molecule has 0 spiro atoms. The van der Waals surface area contributed by atoms with Gasteiger partial charge in [0.25, 0.3) is 0 Å². The van der Waals surface area contributed by atoms with Crippen LogP contribution in [0.3, 0.4) is 0 Å². The van der Waals surface area contributed by atoms with Gasteiger partial charge in [0.15, 0.2) is 11.5 Å². The smallest absolute Gasteiger partial charge is 0.161 e. The van der Waals surface area contributed by atoms with Crippen LogP contribution in [-0.2, 0) is 17.8 Å². The first kappa shape index (κ1) is 25.3. The maximum absolute atomic E-state index is 11.2. The van der Waals surface area contributed by atoms with E-state index in [4.69, 9.17) is 30.5 Å². The molecule has 9 heteroatoms. The molecule has 1 aliphatic rings. The van der Waals surface area contributed by atoms with E-state index >= 15 is 0 Å². The molecule has 0 saturated carbocycles. The largest absolute Gasteiger partial charge is 0.493 e. The quantitative estimate of drug-likeness (QED) is 0.402. The van der Waals surface area contributed by atoms with Crippen molar-refractivity contribution in [2.45, 2.75) is 25.1 Å². The van der Waals surface area contributed by atoms with Crippen LogP contribution >= 0.6 is 11.6 Å². The molecule has 0 aliphatic carbocycles. The SMILES string of the molecule is COc1ccc(CN2CCOC[C@](O)(COc3ccc(Cl)cc3)C2)cc1OCCCn1ccnc1. The summed E-state index contributed by atoms with van der Waals surface area (Å²) >= 11 is 5.94. The van der Waals surface area contributed by atoms with E-state index in [0.29, 0.717) is 55.1 Å². The summed E-state index contributed by atoms with van der Waals surface area (Å²) in [6.45, 7) is 4.05. The highest BCUT2D eigenvalue weighted by molar-refractivity contribution is 6.30. The number of hydrogen-bond donors (Lipinski definition) is 1. The van der Waals surface area contributed by atoms with Crippen LogP contribution in [0.15, 0.2) is 61.2 Å². The van der Waals surface area contributed by atoms with Crippen LogP contribution in [0.5, 0.6) is 17.2 Å². The Kier molecular flexibility index (Phi) is 8.87. The van der Waals surface area contributed by atoms with Crippen molar-refractivity contribution in [3.63, 3.8) is 0 Å². The second kappa shape index (κ2) is 12.3. The lowest BCUT2D eigenvalue weighted by Gasteiger charge is -2.30. The van der Waals surface area contributed by atoms with Crippen molar-refractivity contribution in [3.8, 4) is 17.2 Å². The highest BCUT2D eigenvalue weighted by Gasteiger charge is 2.33. The van der Waals surface area contributed by atoms with Gasteiger partial charge in [0.05, 0.1) is 33.3 Å². The van der Waals surface area contributed by atoms with E-state index in [2.05, 4.69) is 9.88 Å². The van der Waals surface area contributed by atoms with Crippen LogP contribution < -0.4 is 14.2 Å². The zero-order chi connectivity index (χ0) is 24.5. The number of rotatable bonds is 11. The van der Waals surface area contributed by atoms with Gasteiger partial charge < -0.3 is 28.6 Å². The van der Waals surface area contributed by atoms with Gasteiger partial charge in [-0.15, -0.1) is 0 Å². The average molecular weight is 502 g/mol. The van der Waals surface area contributed by atoms with E-state index < -0.39 is 5.60 Å². The average Bonchev–Trinajstić information content (AvgIpc) is 3.31. The molecule has 4 rings (SSSR count). The second-order valence-electron chi connectivity index (χ2n) is 8.72. The lowest BCUT2D eigenvalue weighted by Crippen LogP contribution is -2.48. The second-order valence-corrected chi connectivity index (χ2v) is 9.15. The third kappa shape index (κ3) is 7.60. The van der Waals surface area contributed by atoms with Crippen molar-refractivity contribution in [2.24, 2.45) is 0 Å². The van der Waals surface area contributed by atoms with Crippen LogP contribution in [0.2, 0.25) is 5.02 Å². The number of aliphatic hydroxyl groups is 1. The van der Waals surface area contributed by atoms with Crippen molar-refractivity contribution in [1.82, 2.24) is 14.5 Å². The molecule has 188 valence electrons. The first-order chi connectivity index (χ1) is 17.0. The van der Waals surface area contributed by atoms with E-state index in [-0.39, 0.29) is 13.2 Å². The number of nitrogens with zero attached hydrogens (tertiary/aromatic N) is 3. The van der Waals surface area contributed by atoms with Gasteiger partial charge in [-0.25, -0.2) is 4.98 Å². The Hall–Kier alpha value is -2.78. The summed E-state index contributed by atoms with van der Waals surface area (Å²) in [6.07, 6.45) is 6.36. The van der Waals surface area contributed by atoms with Gasteiger partial charge in [-0.1, -0.05) is 17.7 Å². The van der Waals surface area contributed by atoms with Crippen LogP contribution in [0.4, 0.5) is 0 Å². The van der Waals surface area contributed by atoms with Crippen molar-refractivity contribution in [1.29, 1.82) is 0 Å². The van der Waals surface area contributed by atoms with Gasteiger partial charge in [0.1, 0.15) is 18.0 Å². The Balaban J connectivity index is 1.34. The minimum atomic E-state index is -1.13. The molecule has 0 radical (unpaired) electrons. The Morgan fingerprint density at radius 1 is 1.14 bits per heavy atom. The standard InChI is InChI=1S/C26H32ClN3O5/c1-32-24-8-3-21(15-25(24)34-13-2-10-29-11-9-28-20-29)16-30-12-14-33-18-26(31,17-30)19-35-23-6-4-22(27)5-7-23/h3-9,11,15,20,31H,2,10,12-14,16-19H2,1H3/t26-/m0/s1. The van der Waals surface area contributed by atoms with Gasteiger partial charge in [0, 0.05) is 43.6 Å². The molecular formula is C26H32ClN3O5. The summed E-state index contributed by atoms with van der Waals surface area (Å²) < 4.78 is 25.1. The fraction of sp³-hybridized carbons (Fsp3) is 0.423. The van der Waals surface area contributed by atoms with E-state index in [1.165, 1.54) is 0 Å². The molecule has 1 saturated heterocycles. The first-order valence-electron chi connectivity index (χ1n) is 11.7. The van der Waals surface area contributed by atoms with E-state index in [0.717, 1.165) is 18.5 Å². The monoisotopic (exact) mass is 501 g/mol. The Bertz CT molecular complexity index is 1050. The molecule has 2 aromatic carbocycles. The fourth-order valence-corrected chi connectivity index (χ4v) is 4.13. The molecule has 2 heterocycles. The summed E-state index contributed by atoms with van der Waals surface area (Å²) in [5.74, 6) is 2.06. The summed E-state index contributed by atoms with van der Waals surface area (Å²) in [5.41, 5.74) is -0.0619. The van der Waals surface area contributed by atoms with Crippen molar-refractivity contribution in [3.05, 3.63) is 71.8 Å². The van der Waals surface area contributed by atoms with E-state index in [1.807, 2.05) is 29.0 Å². The lowest BCUT2D eigenvalue weighted by atomic mass is 10.1. The zero-order valence-electron chi connectivity index (χ0n) is 19.9. The Labute approximate surface area is 211 Å². The Morgan fingerprint density at radius 3 is 2.77 bits per heavy atom. The van der Waals surface area contributed by atoms with Crippen molar-refractivity contribution < 1.29 is 24.1 Å². The molecule has 1 N–H and O–H groups in total. The summed E-state index contributed by atoms with van der Waals surface area (Å²) in [4.78, 5) is 6.23. The number of benzene rings is 2. The van der Waals surface area contributed by atoms with Crippen molar-refractivity contribution in [2.75, 3.05) is 46.6 Å². The highest BCUT2D eigenvalue weighted by atomic mass is 35.5. The van der Waals surface area contributed by atoms with Crippen LogP contribution in [0.1, 0.15) is 12.0 Å². The predicted molar refractivity (Wildman–Crippen MR) is 133 cm³/mol. The molecule has 1 atom stereocenters. The minimum Gasteiger partial charge on any atom is -0.493 e. The number of aryl methyl sites for hydroxylation is 1. The molecule has 8 nitrogen and oxygen atoms in total. The number of imidazole rings is 1. The summed E-state index contributed by atoms with van der Waals surface area (Å²) in [7, 11) is 1.64. The molecular weight excluding hydrogens is 470 g/mol. The lowest BCUT2D eigenvalue weighted by molar-refractivity contribution is -0.0646. The molecule has 0 unspecified atom stereocenters. The van der Waals surface area contributed by atoms with Crippen LogP contribution in [-0.4, -0.2) is 71.8 Å². The maximum atomic E-state index is 11.2. The molecule has 0 amide bonds. The van der Waals surface area contributed by atoms with Gasteiger partial charge in [-0.2, -0.15) is 0 Å². The van der Waals surface area contributed by atoms with Gasteiger partial charge in [-0.3, -0.25) is 4.90 Å². The number of methoxy groups -OCH3 is 1. The normalized spacial score (nSPS) is 18.7. The highest BCUT2D eigenvalue weighted by Crippen LogP contribution is 2.29. The zero-order valence-corrected chi connectivity index (χ0v) is 20.7.